The Morgan fingerprint density at radius 1 is 1.09 bits per heavy atom. The van der Waals surface area contributed by atoms with Crippen LogP contribution in [0.25, 0.3) is 10.9 Å². The van der Waals surface area contributed by atoms with Gasteiger partial charge in [0.2, 0.25) is 11.8 Å². The number of nitrogens with one attached hydrogen (secondary N) is 2. The van der Waals surface area contributed by atoms with Gasteiger partial charge in [-0.3, -0.25) is 19.4 Å². The van der Waals surface area contributed by atoms with Crippen molar-refractivity contribution >= 4 is 51.8 Å². The Bertz CT molecular complexity index is 1820. The van der Waals surface area contributed by atoms with E-state index < -0.39 is 29.8 Å². The standard InChI is InChI=1S/C32H29ClF2N6O4/c1-18(42)24-15-39(27-8-7-22(11-23(24)27)38-32(45)40-13-20-5-3-9-36-26(20)16-40)17-29(43)41-14-21(34)10-28(41)31(44)37-12-19-4-2-6-25(33)30(19)35/h2-9,11,15,21,28H,10,12-14,16-17H2,1H3,(H,37,44)(H,38,45)/t21-,28+/m1/s1. The Hall–Kier alpha value is -4.84. The van der Waals surface area contributed by atoms with E-state index in [1.165, 1.54) is 24.0 Å². The second kappa shape index (κ2) is 12.3. The van der Waals surface area contributed by atoms with Gasteiger partial charge in [-0.2, -0.15) is 0 Å². The number of urea groups is 1. The van der Waals surface area contributed by atoms with Crippen LogP contribution in [0, 0.1) is 5.82 Å². The average Bonchev–Trinajstić information content (AvgIpc) is 3.73. The molecule has 1 saturated heterocycles. The van der Waals surface area contributed by atoms with Crippen molar-refractivity contribution in [3.8, 4) is 0 Å². The predicted molar refractivity (Wildman–Crippen MR) is 163 cm³/mol. The van der Waals surface area contributed by atoms with Gasteiger partial charge in [-0.05, 0) is 42.8 Å². The van der Waals surface area contributed by atoms with Crippen molar-refractivity contribution in [2.24, 2.45) is 0 Å². The molecule has 10 nitrogen and oxygen atoms in total. The van der Waals surface area contributed by atoms with Gasteiger partial charge >= 0.3 is 6.03 Å². The summed E-state index contributed by atoms with van der Waals surface area (Å²) >= 11 is 5.82. The molecular weight excluding hydrogens is 606 g/mol. The molecule has 2 aliphatic rings. The number of nitrogens with zero attached hydrogens (tertiary/aromatic N) is 4. The minimum atomic E-state index is -1.41. The number of likely N-dealkylation sites (tertiary alicyclic amines) is 1. The van der Waals surface area contributed by atoms with Crippen LogP contribution in [0.3, 0.4) is 0 Å². The molecule has 2 atom stereocenters. The molecule has 2 aliphatic heterocycles. The summed E-state index contributed by atoms with van der Waals surface area (Å²) in [6.07, 6.45) is 1.63. The first-order chi connectivity index (χ1) is 21.6. The van der Waals surface area contributed by atoms with E-state index in [9.17, 15) is 28.0 Å². The van der Waals surface area contributed by atoms with E-state index in [-0.39, 0.29) is 48.5 Å². The molecule has 0 unspecified atom stereocenters. The Balaban J connectivity index is 1.16. The molecule has 1 fully saturated rings. The first kappa shape index (κ1) is 30.2. The van der Waals surface area contributed by atoms with Gasteiger partial charge in [0.25, 0.3) is 0 Å². The lowest BCUT2D eigenvalue weighted by molar-refractivity contribution is -0.139. The number of halogens is 3. The summed E-state index contributed by atoms with van der Waals surface area (Å²) in [5.74, 6) is -2.03. The van der Waals surface area contributed by atoms with Crippen LogP contribution in [0.15, 0.2) is 60.9 Å². The van der Waals surface area contributed by atoms with Crippen molar-refractivity contribution < 1.29 is 28.0 Å². The van der Waals surface area contributed by atoms with Crippen molar-refractivity contribution in [2.75, 3.05) is 11.9 Å². The molecule has 4 amide bonds. The van der Waals surface area contributed by atoms with Crippen LogP contribution in [0.2, 0.25) is 5.02 Å². The van der Waals surface area contributed by atoms with Crippen LogP contribution >= 0.6 is 11.6 Å². The van der Waals surface area contributed by atoms with E-state index in [0.29, 0.717) is 35.2 Å². The van der Waals surface area contributed by atoms with Gasteiger partial charge in [0.05, 0.1) is 23.8 Å². The highest BCUT2D eigenvalue weighted by Crippen LogP contribution is 2.28. The van der Waals surface area contributed by atoms with Crippen molar-refractivity contribution in [3.63, 3.8) is 0 Å². The van der Waals surface area contributed by atoms with Crippen LogP contribution in [0.5, 0.6) is 0 Å². The number of aromatic nitrogens is 2. The molecule has 4 aromatic rings. The number of ketones is 1. The zero-order valence-electron chi connectivity index (χ0n) is 24.2. The highest BCUT2D eigenvalue weighted by Gasteiger charge is 2.40. The number of pyridine rings is 1. The van der Waals surface area contributed by atoms with Gasteiger partial charge in [-0.15, -0.1) is 0 Å². The summed E-state index contributed by atoms with van der Waals surface area (Å²) < 4.78 is 30.4. The molecule has 6 rings (SSSR count). The lowest BCUT2D eigenvalue weighted by Gasteiger charge is -2.24. The van der Waals surface area contributed by atoms with E-state index in [1.54, 1.807) is 46.1 Å². The summed E-state index contributed by atoms with van der Waals surface area (Å²) in [4.78, 5) is 59.1. The van der Waals surface area contributed by atoms with Crippen molar-refractivity contribution in [1.82, 2.24) is 24.7 Å². The molecule has 0 spiro atoms. The van der Waals surface area contributed by atoms with Gasteiger partial charge < -0.3 is 25.0 Å². The Kier molecular flexibility index (Phi) is 8.24. The second-order valence-corrected chi connectivity index (χ2v) is 11.6. The summed E-state index contributed by atoms with van der Waals surface area (Å²) in [5.41, 5.74) is 3.35. The molecule has 2 aromatic heterocycles. The van der Waals surface area contributed by atoms with Crippen molar-refractivity contribution in [1.29, 1.82) is 0 Å². The Morgan fingerprint density at radius 3 is 2.69 bits per heavy atom. The van der Waals surface area contributed by atoms with E-state index >= 15 is 0 Å². The Morgan fingerprint density at radius 2 is 1.91 bits per heavy atom. The quantitative estimate of drug-likeness (QED) is 0.283. The number of rotatable bonds is 7. The third-order valence-corrected chi connectivity index (χ3v) is 8.44. The SMILES string of the molecule is CC(=O)c1cn(CC(=O)N2C[C@H](F)C[C@H]2C(=O)NCc2cccc(Cl)c2F)c2ccc(NC(=O)N3Cc4cccnc4C3)cc12. The number of anilines is 1. The number of hydrogen-bond acceptors (Lipinski definition) is 5. The predicted octanol–water partition coefficient (Wildman–Crippen LogP) is 4.83. The topological polar surface area (TPSA) is 117 Å². The fraction of sp³-hybridized carbons (Fsp3) is 0.281. The van der Waals surface area contributed by atoms with Crippen LogP contribution < -0.4 is 10.6 Å². The largest absolute Gasteiger partial charge is 0.350 e. The lowest BCUT2D eigenvalue weighted by Crippen LogP contribution is -2.46. The molecule has 0 radical (unpaired) electrons. The number of amides is 4. The number of fused-ring (bicyclic) bond motifs is 2. The molecule has 2 N–H and O–H groups in total. The number of carbonyl (C=O) groups is 4. The van der Waals surface area contributed by atoms with Gasteiger partial charge in [0.15, 0.2) is 5.78 Å². The van der Waals surface area contributed by atoms with Gasteiger partial charge in [0, 0.05) is 59.6 Å². The van der Waals surface area contributed by atoms with Gasteiger partial charge in [-0.1, -0.05) is 29.8 Å². The van der Waals surface area contributed by atoms with Gasteiger partial charge in [0.1, 0.15) is 24.6 Å². The van der Waals surface area contributed by atoms with Crippen LogP contribution in [0.1, 0.15) is 40.5 Å². The molecule has 2 aromatic carbocycles. The summed E-state index contributed by atoms with van der Waals surface area (Å²) in [7, 11) is 0. The second-order valence-electron chi connectivity index (χ2n) is 11.2. The maximum absolute atomic E-state index is 14.5. The molecule has 4 heterocycles. The molecule has 45 heavy (non-hydrogen) atoms. The lowest BCUT2D eigenvalue weighted by atomic mass is 10.1. The molecule has 0 aliphatic carbocycles. The van der Waals surface area contributed by atoms with Crippen LogP contribution in [-0.4, -0.2) is 61.7 Å². The van der Waals surface area contributed by atoms with Crippen molar-refractivity contribution in [2.45, 2.75) is 51.7 Å². The first-order valence-electron chi connectivity index (χ1n) is 14.4. The number of Topliss-reactive ketones (excluding diaryl/α,β-unsaturated/α-hetero) is 1. The zero-order chi connectivity index (χ0) is 31.8. The van der Waals surface area contributed by atoms with Crippen molar-refractivity contribution in [3.05, 3.63) is 94.1 Å². The smallest absolute Gasteiger partial charge is 0.322 e. The fourth-order valence-corrected chi connectivity index (χ4v) is 6.06. The minimum absolute atomic E-state index is 0.0863. The van der Waals surface area contributed by atoms with Gasteiger partial charge in [-0.25, -0.2) is 13.6 Å². The summed E-state index contributed by atoms with van der Waals surface area (Å²) in [6.45, 7) is 1.51. The third-order valence-electron chi connectivity index (χ3n) is 8.15. The van der Waals surface area contributed by atoms with E-state index in [4.69, 9.17) is 11.6 Å². The van der Waals surface area contributed by atoms with E-state index in [2.05, 4.69) is 15.6 Å². The molecule has 0 bridgehead atoms. The molecule has 13 heteroatoms. The summed E-state index contributed by atoms with van der Waals surface area (Å²) in [6, 6.07) is 11.8. The van der Waals surface area contributed by atoms with Crippen LogP contribution in [-0.2, 0) is 35.8 Å². The maximum Gasteiger partial charge on any atom is 0.322 e. The monoisotopic (exact) mass is 634 g/mol. The van der Waals surface area contributed by atoms with E-state index in [0.717, 1.165) is 11.3 Å². The first-order valence-corrected chi connectivity index (χ1v) is 14.7. The third kappa shape index (κ3) is 6.10. The summed E-state index contributed by atoms with van der Waals surface area (Å²) in [5, 5.41) is 5.90. The number of benzene rings is 2. The number of hydrogen-bond donors (Lipinski definition) is 2. The normalized spacial score (nSPS) is 17.4. The maximum atomic E-state index is 14.5. The minimum Gasteiger partial charge on any atom is -0.350 e. The van der Waals surface area contributed by atoms with Crippen LogP contribution in [0.4, 0.5) is 19.3 Å². The average molecular weight is 635 g/mol. The molecule has 0 saturated carbocycles. The van der Waals surface area contributed by atoms with E-state index in [1.807, 2.05) is 12.1 Å². The highest BCUT2D eigenvalue weighted by molar-refractivity contribution is 6.30. The highest BCUT2D eigenvalue weighted by atomic mass is 35.5. The Labute approximate surface area is 261 Å². The zero-order valence-corrected chi connectivity index (χ0v) is 25.0. The number of alkyl halides is 1. The fourth-order valence-electron chi connectivity index (χ4n) is 5.86. The molecular formula is C32H29ClF2N6O4. The number of carbonyl (C=O) groups excluding carboxylic acids is 4. The molecule has 232 valence electrons.